The van der Waals surface area contributed by atoms with Gasteiger partial charge in [-0.2, -0.15) is 4.72 Å². The number of rotatable bonds is 9. The molecular formula is C22H25ClFN3O5S2. The van der Waals surface area contributed by atoms with E-state index in [-0.39, 0.29) is 30.1 Å². The van der Waals surface area contributed by atoms with E-state index in [2.05, 4.69) is 4.72 Å². The zero-order chi connectivity index (χ0) is 25.0. The largest absolute Gasteiger partial charge is 0.383 e. The van der Waals surface area contributed by atoms with Gasteiger partial charge in [0.15, 0.2) is 0 Å². The van der Waals surface area contributed by atoms with Crippen molar-refractivity contribution in [3.63, 3.8) is 0 Å². The molecule has 2 aromatic rings. The quantitative estimate of drug-likeness (QED) is 0.537. The van der Waals surface area contributed by atoms with Gasteiger partial charge in [-0.3, -0.25) is 9.59 Å². The maximum absolute atomic E-state index is 14.8. The van der Waals surface area contributed by atoms with Crippen LogP contribution in [0.15, 0.2) is 35.7 Å². The molecule has 0 saturated carbocycles. The topological polar surface area (TPSA) is 96.0 Å². The third-order valence-corrected chi connectivity index (χ3v) is 7.91. The van der Waals surface area contributed by atoms with Gasteiger partial charge in [0.05, 0.1) is 22.0 Å². The Labute approximate surface area is 207 Å². The van der Waals surface area contributed by atoms with Crippen LogP contribution < -0.4 is 9.62 Å². The Balaban J connectivity index is 1.70. The van der Waals surface area contributed by atoms with E-state index in [0.717, 1.165) is 11.5 Å². The third kappa shape index (κ3) is 6.22. The van der Waals surface area contributed by atoms with Crippen LogP contribution in [0.1, 0.15) is 28.6 Å². The Hall–Kier alpha value is -2.31. The summed E-state index contributed by atoms with van der Waals surface area (Å²) in [5.74, 6) is -1.69. The van der Waals surface area contributed by atoms with E-state index in [1.807, 2.05) is 0 Å². The van der Waals surface area contributed by atoms with Gasteiger partial charge in [0.2, 0.25) is 15.9 Å². The molecule has 8 nitrogen and oxygen atoms in total. The SMILES string of the molecule is COCCN(C)C(=O)c1ccc(N2CCC(NS(=O)(=O)C=C(C)c3ccc(Cl)s3)C2=O)c(F)c1. The minimum Gasteiger partial charge on any atom is -0.383 e. The highest BCUT2D eigenvalue weighted by Gasteiger charge is 2.36. The fourth-order valence-corrected chi connectivity index (χ4v) is 5.85. The summed E-state index contributed by atoms with van der Waals surface area (Å²) < 4.78 is 47.8. The molecule has 1 aromatic heterocycles. The van der Waals surface area contributed by atoms with Crippen LogP contribution in [-0.2, 0) is 19.6 Å². The van der Waals surface area contributed by atoms with Gasteiger partial charge in [-0.15, -0.1) is 11.3 Å². The number of carbonyl (C=O) groups is 2. The summed E-state index contributed by atoms with van der Waals surface area (Å²) in [7, 11) is -0.838. The van der Waals surface area contributed by atoms with Crippen molar-refractivity contribution >= 4 is 56.0 Å². The van der Waals surface area contributed by atoms with E-state index in [4.69, 9.17) is 16.3 Å². The number of halogens is 2. The summed E-state index contributed by atoms with van der Waals surface area (Å²) in [6.07, 6.45) is 0.176. The number of nitrogens with one attached hydrogen (secondary N) is 1. The van der Waals surface area contributed by atoms with E-state index in [1.165, 1.54) is 40.4 Å². The number of ether oxygens (including phenoxy) is 1. The highest BCUT2D eigenvalue weighted by atomic mass is 35.5. The Bertz CT molecular complexity index is 1210. The lowest BCUT2D eigenvalue weighted by Gasteiger charge is -2.20. The van der Waals surface area contributed by atoms with Gasteiger partial charge in [0, 0.05) is 37.7 Å². The molecule has 1 aliphatic heterocycles. The molecule has 1 fully saturated rings. The summed E-state index contributed by atoms with van der Waals surface area (Å²) in [5, 5.41) is 1.05. The summed E-state index contributed by atoms with van der Waals surface area (Å²) in [5.41, 5.74) is 0.606. The predicted molar refractivity (Wildman–Crippen MR) is 131 cm³/mol. The number of benzene rings is 1. The number of anilines is 1. The third-order valence-electron chi connectivity index (χ3n) is 5.27. The van der Waals surface area contributed by atoms with Gasteiger partial charge in [0.1, 0.15) is 11.9 Å². The van der Waals surface area contributed by atoms with Gasteiger partial charge in [-0.25, -0.2) is 12.8 Å². The number of likely N-dealkylation sites (N-methyl/N-ethyl adjacent to an activating group) is 1. The molecule has 2 amide bonds. The number of thiophene rings is 1. The van der Waals surface area contributed by atoms with Crippen LogP contribution in [0.25, 0.3) is 5.57 Å². The molecule has 3 rings (SSSR count). The van der Waals surface area contributed by atoms with Crippen molar-refractivity contribution < 1.29 is 27.1 Å². The van der Waals surface area contributed by atoms with Crippen LogP contribution in [0.2, 0.25) is 4.34 Å². The van der Waals surface area contributed by atoms with Crippen LogP contribution in [0.5, 0.6) is 0 Å². The second-order valence-electron chi connectivity index (χ2n) is 7.78. The van der Waals surface area contributed by atoms with E-state index < -0.39 is 27.8 Å². The maximum atomic E-state index is 14.8. The lowest BCUT2D eigenvalue weighted by Crippen LogP contribution is -2.41. The van der Waals surface area contributed by atoms with E-state index in [1.54, 1.807) is 26.1 Å². The fraction of sp³-hybridized carbons (Fsp3) is 0.364. The molecule has 34 heavy (non-hydrogen) atoms. The van der Waals surface area contributed by atoms with Gasteiger partial charge < -0.3 is 14.5 Å². The standard InChI is InChI=1S/C22H25ClFN3O5S2/c1-14(19-6-7-20(23)33-19)13-34(30,31)25-17-8-9-27(22(17)29)18-5-4-15(12-16(18)24)21(28)26(2)10-11-32-3/h4-7,12-13,17,25H,8-11H2,1-3H3. The van der Waals surface area contributed by atoms with Crippen molar-refractivity contribution in [2.45, 2.75) is 19.4 Å². The molecule has 0 bridgehead atoms. The second-order valence-corrected chi connectivity index (χ2v) is 11.1. The molecule has 0 spiro atoms. The van der Waals surface area contributed by atoms with E-state index >= 15 is 0 Å². The van der Waals surface area contributed by atoms with Crippen LogP contribution in [0, 0.1) is 5.82 Å². The number of hydrogen-bond acceptors (Lipinski definition) is 6. The molecule has 1 atom stereocenters. The van der Waals surface area contributed by atoms with Crippen LogP contribution in [0.3, 0.4) is 0 Å². The zero-order valence-corrected chi connectivity index (χ0v) is 21.3. The van der Waals surface area contributed by atoms with Crippen LogP contribution in [0.4, 0.5) is 10.1 Å². The number of amides is 2. The molecule has 1 aromatic carbocycles. The van der Waals surface area contributed by atoms with Crippen molar-refractivity contribution in [1.82, 2.24) is 9.62 Å². The molecule has 0 radical (unpaired) electrons. The Morgan fingerprint density at radius 1 is 1.38 bits per heavy atom. The molecule has 0 aliphatic carbocycles. The molecule has 1 saturated heterocycles. The Kier molecular flexibility index (Phi) is 8.47. The fourth-order valence-electron chi connectivity index (χ4n) is 3.49. The summed E-state index contributed by atoms with van der Waals surface area (Å²) >= 11 is 7.14. The summed E-state index contributed by atoms with van der Waals surface area (Å²) in [4.78, 5) is 28.6. The molecule has 1 N–H and O–H groups in total. The average molecular weight is 530 g/mol. The highest BCUT2D eigenvalue weighted by Crippen LogP contribution is 2.29. The molecule has 1 unspecified atom stereocenters. The van der Waals surface area contributed by atoms with E-state index in [0.29, 0.717) is 27.9 Å². The normalized spacial score (nSPS) is 16.9. The monoisotopic (exact) mass is 529 g/mol. The van der Waals surface area contributed by atoms with Crippen molar-refractivity contribution in [2.75, 3.05) is 38.8 Å². The first-order valence-electron chi connectivity index (χ1n) is 10.3. The molecular weight excluding hydrogens is 505 g/mol. The minimum atomic E-state index is -3.94. The van der Waals surface area contributed by atoms with Gasteiger partial charge in [-0.05, 0) is 49.2 Å². The Morgan fingerprint density at radius 3 is 2.74 bits per heavy atom. The molecule has 184 valence electrons. The number of sulfonamides is 1. The van der Waals surface area contributed by atoms with Gasteiger partial charge in [0.25, 0.3) is 5.91 Å². The van der Waals surface area contributed by atoms with Crippen LogP contribution in [-0.4, -0.2) is 65.0 Å². The number of hydrogen-bond donors (Lipinski definition) is 1. The first-order valence-corrected chi connectivity index (χ1v) is 13.1. The minimum absolute atomic E-state index is 0.0113. The number of carbonyl (C=O) groups excluding carboxylic acids is 2. The molecule has 12 heteroatoms. The number of nitrogens with zero attached hydrogens (tertiary/aromatic N) is 2. The maximum Gasteiger partial charge on any atom is 0.253 e. The highest BCUT2D eigenvalue weighted by molar-refractivity contribution is 7.92. The van der Waals surface area contributed by atoms with Crippen molar-refractivity contribution in [1.29, 1.82) is 0 Å². The summed E-state index contributed by atoms with van der Waals surface area (Å²) in [6.45, 7) is 2.46. The molecule has 1 aliphatic rings. The molecule has 2 heterocycles. The Morgan fingerprint density at radius 2 is 2.12 bits per heavy atom. The number of allylic oxidation sites excluding steroid dienone is 1. The lowest BCUT2D eigenvalue weighted by atomic mass is 10.1. The van der Waals surface area contributed by atoms with Crippen molar-refractivity contribution in [3.8, 4) is 0 Å². The second kappa shape index (κ2) is 11.0. The first-order chi connectivity index (χ1) is 16.0. The van der Waals surface area contributed by atoms with E-state index in [9.17, 15) is 22.4 Å². The first kappa shape index (κ1) is 26.3. The van der Waals surface area contributed by atoms with Crippen molar-refractivity contribution in [3.05, 3.63) is 56.3 Å². The average Bonchev–Trinajstić information content (AvgIpc) is 3.37. The van der Waals surface area contributed by atoms with Gasteiger partial charge >= 0.3 is 0 Å². The predicted octanol–water partition coefficient (Wildman–Crippen LogP) is 3.34. The lowest BCUT2D eigenvalue weighted by molar-refractivity contribution is -0.118. The smallest absolute Gasteiger partial charge is 0.253 e. The zero-order valence-electron chi connectivity index (χ0n) is 18.9. The van der Waals surface area contributed by atoms with Crippen molar-refractivity contribution in [2.24, 2.45) is 0 Å². The van der Waals surface area contributed by atoms with Gasteiger partial charge in [-0.1, -0.05) is 11.6 Å². The van der Waals surface area contributed by atoms with Crippen LogP contribution >= 0.6 is 22.9 Å². The summed E-state index contributed by atoms with van der Waals surface area (Å²) in [6, 6.07) is 6.22. The number of methoxy groups -OCH3 is 1.